The molecule has 0 unspecified atom stereocenters. The summed E-state index contributed by atoms with van der Waals surface area (Å²) in [6, 6.07) is 5.98. The molecular weight excluding hydrogens is 336 g/mol. The van der Waals surface area contributed by atoms with Crippen molar-refractivity contribution in [2.75, 3.05) is 12.1 Å². The quantitative estimate of drug-likeness (QED) is 0.821. The van der Waals surface area contributed by atoms with Crippen LogP contribution in [0.4, 0.5) is 5.13 Å². The predicted molar refractivity (Wildman–Crippen MR) is 97.3 cm³/mol. The van der Waals surface area contributed by atoms with Gasteiger partial charge in [0.05, 0.1) is 5.69 Å². The van der Waals surface area contributed by atoms with Crippen LogP contribution < -0.4 is 14.8 Å². The standard InChI is InChI=1S/C19H20N2O3S/c1-12-17(9-14-6-7-15-16(8-14)24-11-23-15)25-19(20-12)21-18(22)10-13-4-2-3-5-13/h2,4,6-8,13H,3,5,9-11H2,1H3,(H,20,21,22)/t13-/m0/s1. The fourth-order valence-corrected chi connectivity index (χ4v) is 4.17. The number of hydrogen-bond donors (Lipinski definition) is 1. The summed E-state index contributed by atoms with van der Waals surface area (Å²) in [4.78, 5) is 17.8. The Labute approximate surface area is 150 Å². The second-order valence-electron chi connectivity index (χ2n) is 6.41. The Morgan fingerprint density at radius 1 is 1.36 bits per heavy atom. The number of benzene rings is 1. The SMILES string of the molecule is Cc1nc(NC(=O)C[C@H]2C=CCC2)sc1Cc1ccc2c(c1)OCO2. The zero-order valence-electron chi connectivity index (χ0n) is 14.1. The van der Waals surface area contributed by atoms with Gasteiger partial charge in [0.1, 0.15) is 0 Å². The summed E-state index contributed by atoms with van der Waals surface area (Å²) < 4.78 is 10.8. The molecule has 1 amide bonds. The molecule has 4 rings (SSSR count). The van der Waals surface area contributed by atoms with Gasteiger partial charge >= 0.3 is 0 Å². The van der Waals surface area contributed by atoms with Crippen molar-refractivity contribution in [2.45, 2.75) is 32.6 Å². The van der Waals surface area contributed by atoms with Gasteiger partial charge in [-0.2, -0.15) is 0 Å². The molecule has 1 aromatic heterocycles. The molecule has 0 spiro atoms. The van der Waals surface area contributed by atoms with E-state index in [4.69, 9.17) is 9.47 Å². The Balaban J connectivity index is 1.41. The Kier molecular flexibility index (Phi) is 4.44. The first-order valence-electron chi connectivity index (χ1n) is 8.49. The van der Waals surface area contributed by atoms with Crippen LogP contribution >= 0.6 is 11.3 Å². The van der Waals surface area contributed by atoms with E-state index in [1.165, 1.54) is 0 Å². The number of aromatic nitrogens is 1. The van der Waals surface area contributed by atoms with Crippen LogP contribution in [0, 0.1) is 12.8 Å². The van der Waals surface area contributed by atoms with Gasteiger partial charge in [-0.1, -0.05) is 18.2 Å². The van der Waals surface area contributed by atoms with Crippen LogP contribution in [0.25, 0.3) is 0 Å². The van der Waals surface area contributed by atoms with Gasteiger partial charge in [-0.05, 0) is 43.4 Å². The molecule has 25 heavy (non-hydrogen) atoms. The van der Waals surface area contributed by atoms with Crippen LogP contribution in [-0.2, 0) is 11.2 Å². The average Bonchev–Trinajstić information content (AvgIpc) is 3.30. The molecule has 2 aromatic rings. The molecule has 1 aliphatic heterocycles. The highest BCUT2D eigenvalue weighted by atomic mass is 32.1. The fourth-order valence-electron chi connectivity index (χ4n) is 3.16. The third-order valence-corrected chi connectivity index (χ3v) is 5.57. The number of amides is 1. The van der Waals surface area contributed by atoms with Gasteiger partial charge in [-0.3, -0.25) is 4.79 Å². The molecule has 5 nitrogen and oxygen atoms in total. The smallest absolute Gasteiger partial charge is 0.231 e. The number of thiazole rings is 1. The number of aryl methyl sites for hydroxylation is 1. The summed E-state index contributed by atoms with van der Waals surface area (Å²) in [5.41, 5.74) is 2.10. The van der Waals surface area contributed by atoms with Crippen molar-refractivity contribution >= 4 is 22.4 Å². The number of anilines is 1. The molecule has 130 valence electrons. The maximum Gasteiger partial charge on any atom is 0.231 e. The molecular formula is C19H20N2O3S. The minimum atomic E-state index is 0.0416. The zero-order chi connectivity index (χ0) is 17.2. The van der Waals surface area contributed by atoms with Crippen molar-refractivity contribution in [1.29, 1.82) is 0 Å². The lowest BCUT2D eigenvalue weighted by molar-refractivity contribution is -0.116. The number of allylic oxidation sites excluding steroid dienone is 2. The molecule has 1 N–H and O–H groups in total. The Bertz CT molecular complexity index is 828. The van der Waals surface area contributed by atoms with Crippen LogP contribution in [0.3, 0.4) is 0 Å². The third kappa shape index (κ3) is 3.69. The molecule has 0 bridgehead atoms. The zero-order valence-corrected chi connectivity index (χ0v) is 14.9. The second kappa shape index (κ2) is 6.88. The Morgan fingerprint density at radius 3 is 3.08 bits per heavy atom. The largest absolute Gasteiger partial charge is 0.454 e. The summed E-state index contributed by atoms with van der Waals surface area (Å²) in [6.07, 6.45) is 7.73. The molecule has 2 aliphatic rings. The van der Waals surface area contributed by atoms with Crippen LogP contribution in [-0.4, -0.2) is 17.7 Å². The van der Waals surface area contributed by atoms with Gasteiger partial charge in [0.2, 0.25) is 12.7 Å². The molecule has 1 aromatic carbocycles. The van der Waals surface area contributed by atoms with E-state index < -0.39 is 0 Å². The number of fused-ring (bicyclic) bond motifs is 1. The molecule has 1 atom stereocenters. The maximum absolute atomic E-state index is 12.2. The lowest BCUT2D eigenvalue weighted by Crippen LogP contribution is -2.14. The van der Waals surface area contributed by atoms with Crippen LogP contribution in [0.2, 0.25) is 0 Å². The van der Waals surface area contributed by atoms with Crippen molar-refractivity contribution in [3.63, 3.8) is 0 Å². The van der Waals surface area contributed by atoms with Crippen LogP contribution in [0.15, 0.2) is 30.4 Å². The van der Waals surface area contributed by atoms with Gasteiger partial charge < -0.3 is 14.8 Å². The molecule has 0 saturated heterocycles. The Hall–Kier alpha value is -2.34. The van der Waals surface area contributed by atoms with E-state index in [1.807, 2.05) is 25.1 Å². The number of ether oxygens (including phenoxy) is 2. The van der Waals surface area contributed by atoms with Crippen molar-refractivity contribution in [1.82, 2.24) is 4.98 Å². The number of hydrogen-bond acceptors (Lipinski definition) is 5. The molecule has 0 fully saturated rings. The average molecular weight is 356 g/mol. The molecule has 0 radical (unpaired) electrons. The third-order valence-electron chi connectivity index (χ3n) is 4.50. The normalized spacial score (nSPS) is 17.9. The Morgan fingerprint density at radius 2 is 2.24 bits per heavy atom. The summed E-state index contributed by atoms with van der Waals surface area (Å²) in [5, 5.41) is 3.63. The van der Waals surface area contributed by atoms with E-state index in [9.17, 15) is 4.79 Å². The summed E-state index contributed by atoms with van der Waals surface area (Å²) in [7, 11) is 0. The minimum Gasteiger partial charge on any atom is -0.454 e. The lowest BCUT2D eigenvalue weighted by atomic mass is 10.1. The van der Waals surface area contributed by atoms with Crippen molar-refractivity contribution in [3.8, 4) is 11.5 Å². The number of nitrogens with one attached hydrogen (secondary N) is 1. The van der Waals surface area contributed by atoms with Gasteiger partial charge in [0.25, 0.3) is 0 Å². The van der Waals surface area contributed by atoms with E-state index in [0.717, 1.165) is 46.9 Å². The van der Waals surface area contributed by atoms with Gasteiger partial charge in [-0.15, -0.1) is 11.3 Å². The predicted octanol–water partition coefficient (Wildman–Crippen LogP) is 4.07. The number of carbonyl (C=O) groups excluding carboxylic acids is 1. The molecule has 6 heteroatoms. The van der Waals surface area contributed by atoms with E-state index in [-0.39, 0.29) is 12.7 Å². The van der Waals surface area contributed by atoms with Crippen molar-refractivity contribution < 1.29 is 14.3 Å². The maximum atomic E-state index is 12.2. The molecule has 2 heterocycles. The molecule has 1 aliphatic carbocycles. The minimum absolute atomic E-state index is 0.0416. The number of carbonyl (C=O) groups is 1. The lowest BCUT2D eigenvalue weighted by Gasteiger charge is -2.06. The van der Waals surface area contributed by atoms with Gasteiger partial charge in [0, 0.05) is 17.7 Å². The van der Waals surface area contributed by atoms with Crippen molar-refractivity contribution in [3.05, 3.63) is 46.5 Å². The highest BCUT2D eigenvalue weighted by Gasteiger charge is 2.17. The van der Waals surface area contributed by atoms with Crippen LogP contribution in [0.5, 0.6) is 11.5 Å². The van der Waals surface area contributed by atoms with E-state index in [1.54, 1.807) is 11.3 Å². The number of nitrogens with zero attached hydrogens (tertiary/aromatic N) is 1. The monoisotopic (exact) mass is 356 g/mol. The number of rotatable bonds is 5. The molecule has 0 saturated carbocycles. The first-order chi connectivity index (χ1) is 12.2. The van der Waals surface area contributed by atoms with Crippen molar-refractivity contribution in [2.24, 2.45) is 5.92 Å². The van der Waals surface area contributed by atoms with Gasteiger partial charge in [0.15, 0.2) is 16.6 Å². The van der Waals surface area contributed by atoms with E-state index >= 15 is 0 Å². The topological polar surface area (TPSA) is 60.5 Å². The summed E-state index contributed by atoms with van der Waals surface area (Å²) in [6.45, 7) is 2.26. The first kappa shape index (κ1) is 16.1. The van der Waals surface area contributed by atoms with E-state index in [2.05, 4.69) is 22.5 Å². The first-order valence-corrected chi connectivity index (χ1v) is 9.30. The summed E-state index contributed by atoms with van der Waals surface area (Å²) in [5.74, 6) is 1.99. The van der Waals surface area contributed by atoms with Gasteiger partial charge in [-0.25, -0.2) is 4.98 Å². The summed E-state index contributed by atoms with van der Waals surface area (Å²) >= 11 is 1.54. The highest BCUT2D eigenvalue weighted by molar-refractivity contribution is 7.15. The van der Waals surface area contributed by atoms with Crippen LogP contribution in [0.1, 0.15) is 35.4 Å². The van der Waals surface area contributed by atoms with E-state index in [0.29, 0.717) is 17.5 Å². The second-order valence-corrected chi connectivity index (χ2v) is 7.49. The highest BCUT2D eigenvalue weighted by Crippen LogP contribution is 2.34. The fraction of sp³-hybridized carbons (Fsp3) is 0.368.